The van der Waals surface area contributed by atoms with Gasteiger partial charge in [-0.3, -0.25) is 0 Å². The largest absolute Gasteiger partial charge is 0.394 e. The fraction of sp³-hybridized carbons (Fsp3) is 1.00. The lowest BCUT2D eigenvalue weighted by molar-refractivity contribution is -0.208. The highest BCUT2D eigenvalue weighted by Gasteiger charge is 2.43. The number of hydrogen-bond acceptors (Lipinski definition) is 5. The third kappa shape index (κ3) is 2.42. The lowest BCUT2D eigenvalue weighted by Crippen LogP contribution is -2.50. The Morgan fingerprint density at radius 2 is 1.72 bits per heavy atom. The molecule has 3 rings (SSSR count). The van der Waals surface area contributed by atoms with Crippen molar-refractivity contribution >= 4 is 0 Å². The van der Waals surface area contributed by atoms with Gasteiger partial charge in [-0.2, -0.15) is 0 Å². The Kier molecular flexibility index (Phi) is 3.86. The van der Waals surface area contributed by atoms with Crippen molar-refractivity contribution in [2.24, 2.45) is 0 Å². The maximum absolute atomic E-state index is 9.90. The van der Waals surface area contributed by atoms with E-state index < -0.39 is 12.2 Å². The van der Waals surface area contributed by atoms with Crippen LogP contribution in [0, 0.1) is 0 Å². The first-order valence-electron chi connectivity index (χ1n) is 6.99. The van der Waals surface area contributed by atoms with E-state index in [2.05, 4.69) is 0 Å². The SMILES string of the molecule is OC[C@H]1O[C@H]2CC[C@H]3OCCC[C@@H]3O[C@@H]2C[C@@H]1O. The van der Waals surface area contributed by atoms with Gasteiger partial charge < -0.3 is 24.4 Å². The van der Waals surface area contributed by atoms with E-state index in [1.54, 1.807) is 0 Å². The number of hydrogen-bond donors (Lipinski definition) is 2. The molecule has 3 heterocycles. The summed E-state index contributed by atoms with van der Waals surface area (Å²) < 4.78 is 17.6. The van der Waals surface area contributed by atoms with E-state index >= 15 is 0 Å². The maximum atomic E-state index is 9.90. The molecule has 0 saturated carbocycles. The van der Waals surface area contributed by atoms with Crippen molar-refractivity contribution in [3.8, 4) is 0 Å². The summed E-state index contributed by atoms with van der Waals surface area (Å²) in [7, 11) is 0. The summed E-state index contributed by atoms with van der Waals surface area (Å²) in [6.07, 6.45) is 3.63. The Morgan fingerprint density at radius 1 is 0.944 bits per heavy atom. The van der Waals surface area contributed by atoms with Crippen LogP contribution in [0.5, 0.6) is 0 Å². The zero-order chi connectivity index (χ0) is 12.5. The number of fused-ring (bicyclic) bond motifs is 2. The van der Waals surface area contributed by atoms with Crippen LogP contribution in [0.2, 0.25) is 0 Å². The molecule has 2 N–H and O–H groups in total. The summed E-state index contributed by atoms with van der Waals surface area (Å²) in [6.45, 7) is 0.691. The van der Waals surface area contributed by atoms with E-state index in [0.717, 1.165) is 32.3 Å². The quantitative estimate of drug-likeness (QED) is 0.704. The summed E-state index contributed by atoms with van der Waals surface area (Å²) in [5.41, 5.74) is 0. The Morgan fingerprint density at radius 3 is 2.56 bits per heavy atom. The van der Waals surface area contributed by atoms with Crippen molar-refractivity contribution in [3.05, 3.63) is 0 Å². The van der Waals surface area contributed by atoms with Crippen molar-refractivity contribution in [1.82, 2.24) is 0 Å². The standard InChI is InChI=1S/C13H22O5/c14-7-13-8(15)6-12-11(18-13)4-3-9-10(17-12)2-1-5-16-9/h8-15H,1-7H2/t8-,9+,10-,11-,12+,13+/m0/s1. The fourth-order valence-electron chi connectivity index (χ4n) is 3.30. The van der Waals surface area contributed by atoms with Gasteiger partial charge in [-0.25, -0.2) is 0 Å². The Balaban J connectivity index is 1.69. The first-order chi connectivity index (χ1) is 8.78. The molecular weight excluding hydrogens is 236 g/mol. The van der Waals surface area contributed by atoms with Crippen molar-refractivity contribution in [2.75, 3.05) is 13.2 Å². The lowest BCUT2D eigenvalue weighted by Gasteiger charge is -2.39. The zero-order valence-corrected chi connectivity index (χ0v) is 10.5. The molecule has 0 aromatic rings. The molecule has 104 valence electrons. The first kappa shape index (κ1) is 12.8. The molecule has 3 aliphatic rings. The van der Waals surface area contributed by atoms with Gasteiger partial charge >= 0.3 is 0 Å². The third-order valence-corrected chi connectivity index (χ3v) is 4.31. The van der Waals surface area contributed by atoms with Gasteiger partial charge in [-0.1, -0.05) is 0 Å². The van der Waals surface area contributed by atoms with Gasteiger partial charge in [0.05, 0.1) is 37.1 Å². The molecule has 5 heteroatoms. The average Bonchev–Trinajstić information content (AvgIpc) is 2.56. The molecule has 5 nitrogen and oxygen atoms in total. The lowest BCUT2D eigenvalue weighted by atomic mass is 9.95. The van der Waals surface area contributed by atoms with E-state index in [9.17, 15) is 10.2 Å². The van der Waals surface area contributed by atoms with Crippen LogP contribution in [-0.2, 0) is 14.2 Å². The van der Waals surface area contributed by atoms with Crippen LogP contribution in [0.1, 0.15) is 32.1 Å². The predicted molar refractivity (Wildman–Crippen MR) is 63.2 cm³/mol. The minimum Gasteiger partial charge on any atom is -0.394 e. The molecule has 6 atom stereocenters. The summed E-state index contributed by atoms with van der Waals surface area (Å²) >= 11 is 0. The second kappa shape index (κ2) is 5.43. The number of ether oxygens (including phenoxy) is 3. The van der Waals surface area contributed by atoms with Crippen LogP contribution < -0.4 is 0 Å². The van der Waals surface area contributed by atoms with Gasteiger partial charge in [0.25, 0.3) is 0 Å². The Hall–Kier alpha value is -0.200. The van der Waals surface area contributed by atoms with Gasteiger partial charge in [-0.15, -0.1) is 0 Å². The smallest absolute Gasteiger partial charge is 0.107 e. The highest BCUT2D eigenvalue weighted by Crippen LogP contribution is 2.34. The van der Waals surface area contributed by atoms with Crippen molar-refractivity contribution in [2.45, 2.75) is 68.7 Å². The van der Waals surface area contributed by atoms with Crippen LogP contribution in [-0.4, -0.2) is 60.1 Å². The second-order valence-electron chi connectivity index (χ2n) is 5.54. The monoisotopic (exact) mass is 258 g/mol. The predicted octanol–water partition coefficient (Wildman–Crippen LogP) is 0.224. The number of aliphatic hydroxyl groups excluding tert-OH is 2. The van der Waals surface area contributed by atoms with E-state index in [-0.39, 0.29) is 31.0 Å². The Labute approximate surface area is 107 Å². The molecule has 3 fully saturated rings. The van der Waals surface area contributed by atoms with E-state index in [1.165, 1.54) is 0 Å². The minimum atomic E-state index is -0.627. The molecule has 18 heavy (non-hydrogen) atoms. The highest BCUT2D eigenvalue weighted by atomic mass is 16.6. The zero-order valence-electron chi connectivity index (χ0n) is 10.5. The summed E-state index contributed by atoms with van der Waals surface area (Å²) in [6, 6.07) is 0. The fourth-order valence-corrected chi connectivity index (χ4v) is 3.30. The summed E-state index contributed by atoms with van der Waals surface area (Å²) in [4.78, 5) is 0. The molecular formula is C13H22O5. The van der Waals surface area contributed by atoms with Crippen LogP contribution in [0.3, 0.4) is 0 Å². The average molecular weight is 258 g/mol. The summed E-state index contributed by atoms with van der Waals surface area (Å²) in [5, 5.41) is 19.1. The maximum Gasteiger partial charge on any atom is 0.107 e. The second-order valence-corrected chi connectivity index (χ2v) is 5.54. The molecule has 0 amide bonds. The van der Waals surface area contributed by atoms with Crippen LogP contribution in [0.4, 0.5) is 0 Å². The van der Waals surface area contributed by atoms with Gasteiger partial charge in [0.15, 0.2) is 0 Å². The van der Waals surface area contributed by atoms with E-state index in [0.29, 0.717) is 6.42 Å². The third-order valence-electron chi connectivity index (χ3n) is 4.31. The molecule has 3 saturated heterocycles. The summed E-state index contributed by atoms with van der Waals surface area (Å²) in [5.74, 6) is 0. The molecule has 0 aromatic carbocycles. The van der Waals surface area contributed by atoms with Crippen LogP contribution >= 0.6 is 0 Å². The topological polar surface area (TPSA) is 68.2 Å². The molecule has 3 aliphatic heterocycles. The normalized spacial score (nSPS) is 49.0. The first-order valence-corrected chi connectivity index (χ1v) is 6.99. The van der Waals surface area contributed by atoms with Crippen molar-refractivity contribution in [1.29, 1.82) is 0 Å². The van der Waals surface area contributed by atoms with Gasteiger partial charge in [-0.05, 0) is 25.7 Å². The molecule has 0 aliphatic carbocycles. The molecule has 0 unspecified atom stereocenters. The van der Waals surface area contributed by atoms with Crippen LogP contribution in [0.25, 0.3) is 0 Å². The van der Waals surface area contributed by atoms with Gasteiger partial charge in [0.2, 0.25) is 0 Å². The number of aliphatic hydroxyl groups is 2. The molecule has 0 bridgehead atoms. The minimum absolute atomic E-state index is 0.0141. The van der Waals surface area contributed by atoms with E-state index in [1.807, 2.05) is 0 Å². The number of rotatable bonds is 1. The highest BCUT2D eigenvalue weighted by molar-refractivity contribution is 4.91. The van der Waals surface area contributed by atoms with Crippen LogP contribution in [0.15, 0.2) is 0 Å². The van der Waals surface area contributed by atoms with E-state index in [4.69, 9.17) is 14.2 Å². The molecule has 0 spiro atoms. The molecule has 0 radical (unpaired) electrons. The Bertz CT molecular complexity index is 285. The molecule has 0 aromatic heterocycles. The van der Waals surface area contributed by atoms with Crippen molar-refractivity contribution in [3.63, 3.8) is 0 Å². The van der Waals surface area contributed by atoms with Crippen molar-refractivity contribution < 1.29 is 24.4 Å². The van der Waals surface area contributed by atoms with Gasteiger partial charge in [0.1, 0.15) is 6.10 Å². The van der Waals surface area contributed by atoms with Gasteiger partial charge in [0, 0.05) is 13.0 Å².